The Morgan fingerprint density at radius 3 is 2.33 bits per heavy atom. The lowest BCUT2D eigenvalue weighted by molar-refractivity contribution is 0.219. The van der Waals surface area contributed by atoms with Gasteiger partial charge in [-0.2, -0.15) is 0 Å². The topological polar surface area (TPSA) is 41.1 Å². The SMILES string of the molecule is CCC(CC)C(C)NC(=O)NC1CCC1. The van der Waals surface area contributed by atoms with Crippen molar-refractivity contribution >= 4 is 6.03 Å². The fraction of sp³-hybridized carbons (Fsp3) is 0.917. The highest BCUT2D eigenvalue weighted by molar-refractivity contribution is 5.74. The molecule has 1 aliphatic carbocycles. The molecule has 1 unspecified atom stereocenters. The predicted molar refractivity (Wildman–Crippen MR) is 62.8 cm³/mol. The molecule has 3 nitrogen and oxygen atoms in total. The van der Waals surface area contributed by atoms with Gasteiger partial charge in [-0.05, 0) is 32.1 Å². The number of urea groups is 1. The Labute approximate surface area is 93.0 Å². The van der Waals surface area contributed by atoms with Gasteiger partial charge < -0.3 is 10.6 Å². The molecule has 2 N–H and O–H groups in total. The first kappa shape index (κ1) is 12.3. The highest BCUT2D eigenvalue weighted by Crippen LogP contribution is 2.18. The van der Waals surface area contributed by atoms with Crippen LogP contribution in [0.2, 0.25) is 0 Å². The molecule has 0 bridgehead atoms. The van der Waals surface area contributed by atoms with Gasteiger partial charge in [0, 0.05) is 12.1 Å². The van der Waals surface area contributed by atoms with Crippen LogP contribution in [0.15, 0.2) is 0 Å². The van der Waals surface area contributed by atoms with Crippen LogP contribution in [0.25, 0.3) is 0 Å². The minimum atomic E-state index is 0.0131. The van der Waals surface area contributed by atoms with Crippen molar-refractivity contribution in [2.24, 2.45) is 5.92 Å². The maximum Gasteiger partial charge on any atom is 0.315 e. The van der Waals surface area contributed by atoms with Crippen LogP contribution >= 0.6 is 0 Å². The standard InChI is InChI=1S/C12H24N2O/c1-4-10(5-2)9(3)13-12(15)14-11-7-6-8-11/h9-11H,4-8H2,1-3H3,(H2,13,14,15). The van der Waals surface area contributed by atoms with Gasteiger partial charge in [0.15, 0.2) is 0 Å². The zero-order chi connectivity index (χ0) is 11.3. The van der Waals surface area contributed by atoms with Gasteiger partial charge in [-0.3, -0.25) is 0 Å². The third kappa shape index (κ3) is 3.73. The first-order valence-electron chi connectivity index (χ1n) is 6.24. The smallest absolute Gasteiger partial charge is 0.315 e. The molecule has 1 fully saturated rings. The van der Waals surface area contributed by atoms with Crippen LogP contribution < -0.4 is 10.6 Å². The van der Waals surface area contributed by atoms with Crippen LogP contribution in [0.4, 0.5) is 4.79 Å². The Bertz CT molecular complexity index is 198. The van der Waals surface area contributed by atoms with E-state index in [2.05, 4.69) is 31.4 Å². The third-order valence-electron chi connectivity index (χ3n) is 3.56. The van der Waals surface area contributed by atoms with E-state index in [1.54, 1.807) is 0 Å². The quantitative estimate of drug-likeness (QED) is 0.722. The highest BCUT2D eigenvalue weighted by Gasteiger charge is 2.21. The van der Waals surface area contributed by atoms with Gasteiger partial charge in [0.05, 0.1) is 0 Å². The molecule has 2 amide bonds. The van der Waals surface area contributed by atoms with E-state index in [9.17, 15) is 4.79 Å². The van der Waals surface area contributed by atoms with Gasteiger partial charge in [0.1, 0.15) is 0 Å². The highest BCUT2D eigenvalue weighted by atomic mass is 16.2. The van der Waals surface area contributed by atoms with Crippen LogP contribution in [0.5, 0.6) is 0 Å². The van der Waals surface area contributed by atoms with Gasteiger partial charge in [-0.1, -0.05) is 26.7 Å². The molecule has 0 aromatic heterocycles. The van der Waals surface area contributed by atoms with Crippen LogP contribution in [0.3, 0.4) is 0 Å². The number of amides is 2. The summed E-state index contributed by atoms with van der Waals surface area (Å²) in [5.74, 6) is 0.595. The van der Waals surface area contributed by atoms with Crippen molar-refractivity contribution in [2.75, 3.05) is 0 Å². The van der Waals surface area contributed by atoms with Crippen LogP contribution in [-0.4, -0.2) is 18.1 Å². The van der Waals surface area contributed by atoms with Gasteiger partial charge in [0.2, 0.25) is 0 Å². The minimum Gasteiger partial charge on any atom is -0.335 e. The van der Waals surface area contributed by atoms with E-state index in [1.807, 2.05) is 0 Å². The zero-order valence-electron chi connectivity index (χ0n) is 10.2. The maximum absolute atomic E-state index is 11.6. The second kappa shape index (κ2) is 5.99. The Hall–Kier alpha value is -0.730. The van der Waals surface area contributed by atoms with Crippen LogP contribution in [0.1, 0.15) is 52.9 Å². The number of nitrogens with one attached hydrogen (secondary N) is 2. The van der Waals surface area contributed by atoms with Crippen molar-refractivity contribution in [2.45, 2.75) is 65.0 Å². The molecule has 0 aromatic rings. The van der Waals surface area contributed by atoms with Crippen molar-refractivity contribution in [1.82, 2.24) is 10.6 Å². The average molecular weight is 212 g/mol. The molecular weight excluding hydrogens is 188 g/mol. The first-order valence-corrected chi connectivity index (χ1v) is 6.24. The van der Waals surface area contributed by atoms with Crippen molar-refractivity contribution in [3.8, 4) is 0 Å². The first-order chi connectivity index (χ1) is 7.17. The molecular formula is C12H24N2O. The molecule has 0 heterocycles. The molecule has 0 saturated heterocycles. The lowest BCUT2D eigenvalue weighted by Gasteiger charge is -2.29. The number of carbonyl (C=O) groups excluding carboxylic acids is 1. The van der Waals surface area contributed by atoms with E-state index in [0.717, 1.165) is 25.7 Å². The van der Waals surface area contributed by atoms with Gasteiger partial charge in [0.25, 0.3) is 0 Å². The Morgan fingerprint density at radius 2 is 1.93 bits per heavy atom. The molecule has 1 aliphatic rings. The summed E-state index contributed by atoms with van der Waals surface area (Å²) < 4.78 is 0. The predicted octanol–water partition coefficient (Wildman–Crippen LogP) is 2.66. The van der Waals surface area contributed by atoms with E-state index in [1.165, 1.54) is 6.42 Å². The molecule has 0 radical (unpaired) electrons. The zero-order valence-corrected chi connectivity index (χ0v) is 10.2. The molecule has 0 spiro atoms. The average Bonchev–Trinajstić information content (AvgIpc) is 2.13. The van der Waals surface area contributed by atoms with Gasteiger partial charge in [-0.25, -0.2) is 4.79 Å². The molecule has 1 rings (SSSR count). The molecule has 15 heavy (non-hydrogen) atoms. The second-order valence-corrected chi connectivity index (χ2v) is 4.61. The summed E-state index contributed by atoms with van der Waals surface area (Å²) in [6, 6.07) is 0.720. The van der Waals surface area contributed by atoms with E-state index < -0.39 is 0 Å². The van der Waals surface area contributed by atoms with Crippen molar-refractivity contribution in [3.05, 3.63) is 0 Å². The maximum atomic E-state index is 11.6. The summed E-state index contributed by atoms with van der Waals surface area (Å²) in [5, 5.41) is 6.03. The monoisotopic (exact) mass is 212 g/mol. The fourth-order valence-corrected chi connectivity index (χ4v) is 2.10. The Balaban J connectivity index is 2.22. The summed E-state index contributed by atoms with van der Waals surface area (Å²) in [7, 11) is 0. The van der Waals surface area contributed by atoms with Crippen LogP contribution in [-0.2, 0) is 0 Å². The van der Waals surface area contributed by atoms with Crippen molar-refractivity contribution < 1.29 is 4.79 Å². The molecule has 0 aliphatic heterocycles. The third-order valence-corrected chi connectivity index (χ3v) is 3.56. The number of hydrogen-bond donors (Lipinski definition) is 2. The minimum absolute atomic E-state index is 0.0131. The number of rotatable bonds is 5. The summed E-state index contributed by atoms with van der Waals surface area (Å²) in [6.45, 7) is 6.45. The molecule has 3 heteroatoms. The Kier molecular flexibility index (Phi) is 4.92. The normalized spacial score (nSPS) is 18.4. The van der Waals surface area contributed by atoms with E-state index in [-0.39, 0.29) is 12.1 Å². The number of carbonyl (C=O) groups is 1. The van der Waals surface area contributed by atoms with Gasteiger partial charge >= 0.3 is 6.03 Å². The summed E-state index contributed by atoms with van der Waals surface area (Å²) in [5.41, 5.74) is 0. The van der Waals surface area contributed by atoms with E-state index >= 15 is 0 Å². The number of hydrogen-bond acceptors (Lipinski definition) is 1. The van der Waals surface area contributed by atoms with Crippen molar-refractivity contribution in [3.63, 3.8) is 0 Å². The lowest BCUT2D eigenvalue weighted by atomic mass is 9.93. The van der Waals surface area contributed by atoms with E-state index in [0.29, 0.717) is 12.0 Å². The molecule has 88 valence electrons. The lowest BCUT2D eigenvalue weighted by Crippen LogP contribution is -2.49. The fourth-order valence-electron chi connectivity index (χ4n) is 2.10. The molecule has 1 atom stereocenters. The van der Waals surface area contributed by atoms with Crippen molar-refractivity contribution in [1.29, 1.82) is 0 Å². The summed E-state index contributed by atoms with van der Waals surface area (Å²) >= 11 is 0. The van der Waals surface area contributed by atoms with E-state index in [4.69, 9.17) is 0 Å². The summed E-state index contributed by atoms with van der Waals surface area (Å²) in [6.07, 6.45) is 5.80. The van der Waals surface area contributed by atoms with Crippen LogP contribution in [0, 0.1) is 5.92 Å². The molecule has 0 aromatic carbocycles. The Morgan fingerprint density at radius 1 is 1.33 bits per heavy atom. The van der Waals surface area contributed by atoms with Gasteiger partial charge in [-0.15, -0.1) is 0 Å². The largest absolute Gasteiger partial charge is 0.335 e. The summed E-state index contributed by atoms with van der Waals surface area (Å²) in [4.78, 5) is 11.6. The second-order valence-electron chi connectivity index (χ2n) is 4.61. The molecule has 1 saturated carbocycles.